The summed E-state index contributed by atoms with van der Waals surface area (Å²) < 4.78 is 5.82. The first-order valence-corrected chi connectivity index (χ1v) is 8.44. The van der Waals surface area contributed by atoms with Gasteiger partial charge in [0.25, 0.3) is 0 Å². The van der Waals surface area contributed by atoms with Gasteiger partial charge in [-0.25, -0.2) is 4.79 Å². The zero-order valence-corrected chi connectivity index (χ0v) is 11.0. The van der Waals surface area contributed by atoms with Gasteiger partial charge in [0.05, 0.1) is 11.3 Å². The molecular formula is C11H17NO3Si. The first-order chi connectivity index (χ1) is 7.20. The summed E-state index contributed by atoms with van der Waals surface area (Å²) in [6.45, 7) is 7.96. The minimum absolute atomic E-state index is 0.193. The minimum Gasteiger partial charge on any atom is -0.543 e. The summed E-state index contributed by atoms with van der Waals surface area (Å²) in [5.74, 6) is -0.362. The van der Waals surface area contributed by atoms with Crippen molar-refractivity contribution in [3.8, 4) is 5.75 Å². The van der Waals surface area contributed by atoms with Gasteiger partial charge in [-0.3, -0.25) is 0 Å². The molecule has 1 aromatic carbocycles. The molecule has 0 atom stereocenters. The third-order valence-electron chi connectivity index (χ3n) is 1.96. The van der Waals surface area contributed by atoms with Crippen LogP contribution < -0.4 is 10.2 Å². The lowest BCUT2D eigenvalue weighted by Gasteiger charge is -2.22. The van der Waals surface area contributed by atoms with Gasteiger partial charge in [0.2, 0.25) is 8.32 Å². The number of nitrogens with two attached hydrogens (primary N) is 1. The fourth-order valence-corrected chi connectivity index (χ4v) is 2.26. The number of hydrogen-bond acceptors (Lipinski definition) is 3. The fourth-order valence-electron chi connectivity index (χ4n) is 1.37. The lowest BCUT2D eigenvalue weighted by Crippen LogP contribution is -2.30. The summed E-state index contributed by atoms with van der Waals surface area (Å²) in [4.78, 5) is 10.8. The Balaban J connectivity index is 3.18. The molecule has 3 N–H and O–H groups in total. The van der Waals surface area contributed by atoms with Crippen molar-refractivity contribution in [2.75, 3.05) is 5.73 Å². The zero-order valence-electron chi connectivity index (χ0n) is 10.00. The molecule has 88 valence electrons. The molecule has 0 radical (unpaired) electrons. The van der Waals surface area contributed by atoms with Crippen LogP contribution in [0.25, 0.3) is 0 Å². The quantitative estimate of drug-likeness (QED) is 0.628. The van der Waals surface area contributed by atoms with Crippen molar-refractivity contribution in [3.63, 3.8) is 0 Å². The van der Waals surface area contributed by atoms with Crippen LogP contribution in [0.5, 0.6) is 5.75 Å². The molecule has 0 saturated heterocycles. The number of nitrogen functional groups attached to an aromatic ring is 1. The van der Waals surface area contributed by atoms with E-state index < -0.39 is 14.3 Å². The third-order valence-corrected chi connectivity index (χ3v) is 2.78. The highest BCUT2D eigenvalue weighted by Gasteiger charge is 2.20. The van der Waals surface area contributed by atoms with Crippen LogP contribution in [-0.2, 0) is 0 Å². The van der Waals surface area contributed by atoms with E-state index in [-0.39, 0.29) is 5.56 Å². The van der Waals surface area contributed by atoms with Gasteiger partial charge in [-0.1, -0.05) is 0 Å². The highest BCUT2D eigenvalue weighted by molar-refractivity contribution is 6.70. The van der Waals surface area contributed by atoms with Crippen LogP contribution in [-0.4, -0.2) is 19.4 Å². The average molecular weight is 239 g/mol. The maximum atomic E-state index is 10.8. The number of aromatic carboxylic acids is 1. The summed E-state index contributed by atoms with van der Waals surface area (Å²) in [6, 6.07) is 3.01. The van der Waals surface area contributed by atoms with E-state index in [1.807, 2.05) is 0 Å². The number of carboxylic acids is 1. The Morgan fingerprint density at radius 2 is 1.94 bits per heavy atom. The highest BCUT2D eigenvalue weighted by atomic mass is 28.4. The predicted molar refractivity (Wildman–Crippen MR) is 66.5 cm³/mol. The molecule has 1 aromatic rings. The summed E-state index contributed by atoms with van der Waals surface area (Å²) in [5.41, 5.74) is 7.15. The number of carbonyl (C=O) groups is 1. The predicted octanol–water partition coefficient (Wildman–Crippen LogP) is 2.49. The monoisotopic (exact) mass is 239 g/mol. The Morgan fingerprint density at radius 3 is 2.31 bits per heavy atom. The average Bonchev–Trinajstić information content (AvgIpc) is 2.09. The van der Waals surface area contributed by atoms with Gasteiger partial charge in [0.15, 0.2) is 0 Å². The van der Waals surface area contributed by atoms with Crippen molar-refractivity contribution in [1.29, 1.82) is 0 Å². The smallest absolute Gasteiger partial charge is 0.335 e. The second kappa shape index (κ2) is 4.17. The molecule has 0 aromatic heterocycles. The Hall–Kier alpha value is -1.49. The van der Waals surface area contributed by atoms with E-state index in [4.69, 9.17) is 15.3 Å². The lowest BCUT2D eigenvalue weighted by atomic mass is 10.1. The molecule has 0 heterocycles. The van der Waals surface area contributed by atoms with Crippen LogP contribution >= 0.6 is 0 Å². The molecule has 0 spiro atoms. The maximum Gasteiger partial charge on any atom is 0.335 e. The zero-order chi connectivity index (χ0) is 12.5. The molecule has 0 aliphatic rings. The van der Waals surface area contributed by atoms with E-state index >= 15 is 0 Å². The summed E-state index contributed by atoms with van der Waals surface area (Å²) in [5, 5.41) is 8.87. The van der Waals surface area contributed by atoms with Crippen molar-refractivity contribution in [2.45, 2.75) is 26.6 Å². The minimum atomic E-state index is -1.73. The summed E-state index contributed by atoms with van der Waals surface area (Å²) in [7, 11) is -1.73. The normalized spacial score (nSPS) is 11.2. The molecule has 16 heavy (non-hydrogen) atoms. The van der Waals surface area contributed by atoms with Crippen LogP contribution in [0.1, 0.15) is 15.9 Å². The second-order valence-electron chi connectivity index (χ2n) is 4.73. The van der Waals surface area contributed by atoms with E-state index in [1.165, 1.54) is 6.07 Å². The van der Waals surface area contributed by atoms with Crippen molar-refractivity contribution < 1.29 is 14.3 Å². The van der Waals surface area contributed by atoms with Gasteiger partial charge in [-0.2, -0.15) is 0 Å². The molecule has 0 bridgehead atoms. The number of benzene rings is 1. The number of rotatable bonds is 3. The topological polar surface area (TPSA) is 72.5 Å². The van der Waals surface area contributed by atoms with E-state index in [0.717, 1.165) is 5.56 Å². The maximum absolute atomic E-state index is 10.8. The number of anilines is 1. The van der Waals surface area contributed by atoms with E-state index in [1.54, 1.807) is 13.0 Å². The van der Waals surface area contributed by atoms with Gasteiger partial charge in [0.1, 0.15) is 5.75 Å². The number of hydrogen-bond donors (Lipinski definition) is 2. The van der Waals surface area contributed by atoms with Gasteiger partial charge < -0.3 is 15.3 Å². The van der Waals surface area contributed by atoms with E-state index in [9.17, 15) is 4.79 Å². The van der Waals surface area contributed by atoms with E-state index in [0.29, 0.717) is 11.4 Å². The van der Waals surface area contributed by atoms with Gasteiger partial charge >= 0.3 is 5.97 Å². The number of carboxylic acid groups (broad SMARTS) is 1. The SMILES string of the molecule is Cc1cc(C(=O)O)cc(N)c1O[Si](C)(C)C. The number of aryl methyl sites for hydroxylation is 1. The van der Waals surface area contributed by atoms with Crippen molar-refractivity contribution in [1.82, 2.24) is 0 Å². The van der Waals surface area contributed by atoms with Crippen LogP contribution in [0.2, 0.25) is 19.6 Å². The molecule has 4 nitrogen and oxygen atoms in total. The molecule has 0 unspecified atom stereocenters. The first kappa shape index (κ1) is 12.6. The van der Waals surface area contributed by atoms with Crippen molar-refractivity contribution >= 4 is 20.0 Å². The molecular weight excluding hydrogens is 222 g/mol. The van der Waals surface area contributed by atoms with E-state index in [2.05, 4.69) is 19.6 Å². The third kappa shape index (κ3) is 3.00. The molecule has 0 amide bonds. The molecule has 0 aliphatic carbocycles. The highest BCUT2D eigenvalue weighted by Crippen LogP contribution is 2.30. The summed E-state index contributed by atoms with van der Waals surface area (Å²) >= 11 is 0. The molecule has 0 aliphatic heterocycles. The molecule has 1 rings (SSSR count). The van der Waals surface area contributed by atoms with Crippen LogP contribution in [0.4, 0.5) is 5.69 Å². The Kier molecular flexibility index (Phi) is 3.28. The van der Waals surface area contributed by atoms with Crippen LogP contribution in [0, 0.1) is 6.92 Å². The second-order valence-corrected chi connectivity index (χ2v) is 9.16. The Labute approximate surface area is 96.2 Å². The van der Waals surface area contributed by atoms with Crippen molar-refractivity contribution in [2.24, 2.45) is 0 Å². The van der Waals surface area contributed by atoms with Gasteiger partial charge in [-0.15, -0.1) is 0 Å². The Bertz CT molecular complexity index is 401. The van der Waals surface area contributed by atoms with Gasteiger partial charge in [-0.05, 0) is 44.3 Å². The Morgan fingerprint density at radius 1 is 1.38 bits per heavy atom. The largest absolute Gasteiger partial charge is 0.543 e. The fraction of sp³-hybridized carbons (Fsp3) is 0.364. The summed E-state index contributed by atoms with van der Waals surface area (Å²) in [6.07, 6.45) is 0. The molecule has 5 heteroatoms. The molecule has 0 fully saturated rings. The van der Waals surface area contributed by atoms with Gasteiger partial charge in [0, 0.05) is 0 Å². The molecule has 0 saturated carbocycles. The van der Waals surface area contributed by atoms with Crippen LogP contribution in [0.15, 0.2) is 12.1 Å². The standard InChI is InChI=1S/C11H17NO3Si/c1-7-5-8(11(13)14)6-9(12)10(7)15-16(2,3)4/h5-6H,12H2,1-4H3,(H,13,14). The first-order valence-electron chi connectivity index (χ1n) is 5.03. The van der Waals surface area contributed by atoms with Crippen molar-refractivity contribution in [3.05, 3.63) is 23.3 Å². The van der Waals surface area contributed by atoms with Crippen LogP contribution in [0.3, 0.4) is 0 Å². The lowest BCUT2D eigenvalue weighted by molar-refractivity contribution is 0.0697.